The van der Waals surface area contributed by atoms with Crippen molar-refractivity contribution in [3.63, 3.8) is 0 Å². The van der Waals surface area contributed by atoms with E-state index in [9.17, 15) is 9.59 Å². The lowest BCUT2D eigenvalue weighted by atomic mass is 10.0. The second kappa shape index (κ2) is 8.31. The van der Waals surface area contributed by atoms with Crippen LogP contribution in [0.5, 0.6) is 5.75 Å². The first-order valence-electron chi connectivity index (χ1n) is 11.1. The summed E-state index contributed by atoms with van der Waals surface area (Å²) in [5.74, 6) is 0.758. The smallest absolute Gasteiger partial charge is 0.340 e. The van der Waals surface area contributed by atoms with E-state index in [4.69, 9.17) is 13.6 Å². The number of carbonyl (C=O) groups is 1. The predicted octanol–water partition coefficient (Wildman–Crippen LogP) is 4.06. The quantitative estimate of drug-likeness (QED) is 0.440. The lowest BCUT2D eigenvalue weighted by Gasteiger charge is -2.36. The van der Waals surface area contributed by atoms with Crippen molar-refractivity contribution in [3.05, 3.63) is 69.8 Å². The van der Waals surface area contributed by atoms with Crippen molar-refractivity contribution in [1.29, 1.82) is 0 Å². The van der Waals surface area contributed by atoms with E-state index in [2.05, 4.69) is 4.90 Å². The fourth-order valence-electron chi connectivity index (χ4n) is 4.59. The van der Waals surface area contributed by atoms with Crippen LogP contribution < -0.4 is 15.3 Å². The molecule has 0 saturated carbocycles. The molecule has 33 heavy (non-hydrogen) atoms. The Hall–Kier alpha value is -3.74. The number of rotatable bonds is 4. The number of amides is 1. The summed E-state index contributed by atoms with van der Waals surface area (Å²) in [6.07, 6.45) is 1.72. The van der Waals surface area contributed by atoms with Crippen molar-refractivity contribution in [2.24, 2.45) is 0 Å². The molecule has 3 heterocycles. The maximum atomic E-state index is 13.1. The molecule has 0 radical (unpaired) electrons. The summed E-state index contributed by atoms with van der Waals surface area (Å²) in [6.45, 7) is 6.43. The normalized spacial score (nSPS) is 14.3. The third kappa shape index (κ3) is 3.73. The number of furan rings is 1. The van der Waals surface area contributed by atoms with Gasteiger partial charge in [0.2, 0.25) is 5.91 Å². The summed E-state index contributed by atoms with van der Waals surface area (Å²) < 4.78 is 16.6. The average molecular weight is 447 g/mol. The third-order valence-corrected chi connectivity index (χ3v) is 6.56. The van der Waals surface area contributed by atoms with E-state index in [1.54, 1.807) is 19.4 Å². The molecule has 170 valence electrons. The SMILES string of the molecule is COc1ccccc1N1CCN(C(=O)Cc2c(C)c3cc4c(C)coc4cc3oc2=O)CC1. The largest absolute Gasteiger partial charge is 0.495 e. The summed E-state index contributed by atoms with van der Waals surface area (Å²) in [5.41, 5.74) is 3.93. The number of hydrogen-bond donors (Lipinski definition) is 0. The van der Waals surface area contributed by atoms with E-state index >= 15 is 0 Å². The maximum Gasteiger partial charge on any atom is 0.340 e. The molecule has 1 fully saturated rings. The molecule has 1 amide bonds. The van der Waals surface area contributed by atoms with E-state index in [1.807, 2.05) is 49.1 Å². The number of methoxy groups -OCH3 is 1. The van der Waals surface area contributed by atoms with Gasteiger partial charge < -0.3 is 23.4 Å². The number of fused-ring (bicyclic) bond motifs is 2. The van der Waals surface area contributed by atoms with Crippen molar-refractivity contribution >= 4 is 33.5 Å². The Morgan fingerprint density at radius 1 is 1.03 bits per heavy atom. The van der Waals surface area contributed by atoms with Crippen molar-refractivity contribution in [2.75, 3.05) is 38.2 Å². The average Bonchev–Trinajstić information content (AvgIpc) is 3.20. The first kappa shape index (κ1) is 21.1. The van der Waals surface area contributed by atoms with Crippen LogP contribution in [0.15, 0.2) is 56.3 Å². The van der Waals surface area contributed by atoms with Gasteiger partial charge >= 0.3 is 5.63 Å². The van der Waals surface area contributed by atoms with Crippen LogP contribution in [0.25, 0.3) is 21.9 Å². The van der Waals surface area contributed by atoms with E-state index in [1.165, 1.54) is 0 Å². The molecule has 7 heteroatoms. The number of benzene rings is 2. The molecule has 2 aromatic carbocycles. The summed E-state index contributed by atoms with van der Waals surface area (Å²) in [6, 6.07) is 11.6. The first-order chi connectivity index (χ1) is 16.0. The van der Waals surface area contributed by atoms with Crippen LogP contribution >= 0.6 is 0 Å². The minimum atomic E-state index is -0.469. The third-order valence-electron chi connectivity index (χ3n) is 6.56. The van der Waals surface area contributed by atoms with E-state index < -0.39 is 5.63 Å². The zero-order chi connectivity index (χ0) is 23.1. The van der Waals surface area contributed by atoms with Crippen LogP contribution in [0, 0.1) is 13.8 Å². The summed E-state index contributed by atoms with van der Waals surface area (Å²) in [4.78, 5) is 29.9. The zero-order valence-electron chi connectivity index (χ0n) is 19.0. The van der Waals surface area contributed by atoms with Crippen molar-refractivity contribution in [3.8, 4) is 5.75 Å². The van der Waals surface area contributed by atoms with Gasteiger partial charge in [0, 0.05) is 43.0 Å². The van der Waals surface area contributed by atoms with Gasteiger partial charge in [0.05, 0.1) is 31.0 Å². The highest BCUT2D eigenvalue weighted by molar-refractivity contribution is 5.96. The van der Waals surface area contributed by atoms with Gasteiger partial charge in [-0.3, -0.25) is 4.79 Å². The first-order valence-corrected chi connectivity index (χ1v) is 11.1. The highest BCUT2D eigenvalue weighted by Crippen LogP contribution is 2.30. The Labute approximate surface area is 191 Å². The van der Waals surface area contributed by atoms with Gasteiger partial charge in [-0.05, 0) is 43.2 Å². The Kier molecular flexibility index (Phi) is 5.32. The van der Waals surface area contributed by atoms with Crippen LogP contribution in [0.2, 0.25) is 0 Å². The molecular weight excluding hydrogens is 420 g/mol. The minimum Gasteiger partial charge on any atom is -0.495 e. The van der Waals surface area contributed by atoms with Crippen molar-refractivity contribution in [2.45, 2.75) is 20.3 Å². The number of piperazine rings is 1. The summed E-state index contributed by atoms with van der Waals surface area (Å²) >= 11 is 0. The maximum absolute atomic E-state index is 13.1. The van der Waals surface area contributed by atoms with Gasteiger partial charge in [-0.2, -0.15) is 0 Å². The Morgan fingerprint density at radius 2 is 1.79 bits per heavy atom. The summed E-state index contributed by atoms with van der Waals surface area (Å²) in [5, 5.41) is 1.81. The molecule has 0 unspecified atom stereocenters. The van der Waals surface area contributed by atoms with Gasteiger partial charge in [-0.25, -0.2) is 4.79 Å². The second-order valence-electron chi connectivity index (χ2n) is 8.47. The molecule has 0 spiro atoms. The Morgan fingerprint density at radius 3 is 2.55 bits per heavy atom. The summed E-state index contributed by atoms with van der Waals surface area (Å²) in [7, 11) is 1.66. The minimum absolute atomic E-state index is 0.0289. The van der Waals surface area contributed by atoms with Crippen LogP contribution in [0.3, 0.4) is 0 Å². The fourth-order valence-corrected chi connectivity index (χ4v) is 4.59. The molecule has 5 rings (SSSR count). The molecule has 1 aliphatic heterocycles. The standard InChI is InChI=1S/C26H26N2O5/c1-16-15-32-23-14-24-19(12-18(16)23)17(2)20(26(30)33-24)13-25(29)28-10-8-27(9-11-28)21-6-4-5-7-22(21)31-3/h4-7,12,14-15H,8-11,13H2,1-3H3. The van der Waals surface area contributed by atoms with Crippen LogP contribution in [0.4, 0.5) is 5.69 Å². The molecule has 1 saturated heterocycles. The van der Waals surface area contributed by atoms with Gasteiger partial charge in [-0.1, -0.05) is 12.1 Å². The predicted molar refractivity (Wildman–Crippen MR) is 127 cm³/mol. The monoisotopic (exact) mass is 446 g/mol. The molecule has 0 N–H and O–H groups in total. The van der Waals surface area contributed by atoms with E-state index in [0.29, 0.717) is 42.9 Å². The molecule has 0 aliphatic carbocycles. The molecule has 1 aliphatic rings. The van der Waals surface area contributed by atoms with Crippen molar-refractivity contribution < 1.29 is 18.4 Å². The van der Waals surface area contributed by atoms with E-state index in [0.717, 1.165) is 33.3 Å². The molecule has 0 atom stereocenters. The number of hydrogen-bond acceptors (Lipinski definition) is 6. The van der Waals surface area contributed by atoms with Crippen LogP contribution in [-0.4, -0.2) is 44.1 Å². The zero-order valence-corrected chi connectivity index (χ0v) is 19.0. The number of para-hydroxylation sites is 2. The van der Waals surface area contributed by atoms with Crippen LogP contribution in [0.1, 0.15) is 16.7 Å². The topological polar surface area (TPSA) is 76.1 Å². The number of ether oxygens (including phenoxy) is 1. The Bertz CT molecular complexity index is 1410. The fraction of sp³-hybridized carbons (Fsp3) is 0.308. The van der Waals surface area contributed by atoms with Gasteiger partial charge in [0.25, 0.3) is 0 Å². The molecular formula is C26H26N2O5. The number of anilines is 1. The highest BCUT2D eigenvalue weighted by atomic mass is 16.5. The van der Waals surface area contributed by atoms with Crippen molar-refractivity contribution in [1.82, 2.24) is 4.90 Å². The molecule has 2 aromatic heterocycles. The lowest BCUT2D eigenvalue weighted by Crippen LogP contribution is -2.49. The van der Waals surface area contributed by atoms with E-state index in [-0.39, 0.29) is 12.3 Å². The highest BCUT2D eigenvalue weighted by Gasteiger charge is 2.25. The number of aryl methyl sites for hydroxylation is 2. The molecule has 4 aromatic rings. The number of carbonyl (C=O) groups excluding carboxylic acids is 1. The van der Waals surface area contributed by atoms with Crippen LogP contribution in [-0.2, 0) is 11.2 Å². The second-order valence-corrected chi connectivity index (χ2v) is 8.47. The van der Waals surface area contributed by atoms with Gasteiger partial charge in [0.1, 0.15) is 16.9 Å². The molecule has 7 nitrogen and oxygen atoms in total. The van der Waals surface area contributed by atoms with Gasteiger partial charge in [0.15, 0.2) is 0 Å². The lowest BCUT2D eigenvalue weighted by molar-refractivity contribution is -0.130. The Balaban J connectivity index is 1.35. The van der Waals surface area contributed by atoms with Gasteiger partial charge in [-0.15, -0.1) is 0 Å². The molecule has 0 bridgehead atoms. The number of nitrogens with zero attached hydrogens (tertiary/aromatic N) is 2.